The summed E-state index contributed by atoms with van der Waals surface area (Å²) >= 11 is 9.42. The third kappa shape index (κ3) is 4.34. The Morgan fingerprint density at radius 2 is 2.14 bits per heavy atom. The van der Waals surface area contributed by atoms with Gasteiger partial charge < -0.3 is 10.1 Å². The average Bonchev–Trinajstić information content (AvgIpc) is 3.13. The number of carbonyl (C=O) groups is 1. The van der Waals surface area contributed by atoms with Crippen LogP contribution in [0.5, 0.6) is 5.75 Å². The number of rotatable bonds is 5. The summed E-state index contributed by atoms with van der Waals surface area (Å²) < 4.78 is 6.16. The minimum Gasteiger partial charge on any atom is -0.496 e. The van der Waals surface area contributed by atoms with Crippen LogP contribution in [0.1, 0.15) is 46.4 Å². The molecule has 5 nitrogen and oxygen atoms in total. The molecule has 1 unspecified atom stereocenters. The van der Waals surface area contributed by atoms with Gasteiger partial charge in [-0.2, -0.15) is 0 Å². The topological polar surface area (TPSA) is 54.5 Å². The van der Waals surface area contributed by atoms with Gasteiger partial charge in [-0.05, 0) is 71.9 Å². The van der Waals surface area contributed by atoms with Gasteiger partial charge in [0.1, 0.15) is 10.9 Å². The standard InChI is InChI=1S/C21H25BrClN3O2/c1-12-13(2)19(28-4)6-5-17(12)14(3)26-8-7-16(11-26)25-21(27)18-9-15(22)10-24-20(18)23/h5-6,9-10,14,16H,7-8,11H2,1-4H3,(H,25,27)/t14?,16-/m1/s1. The van der Waals surface area contributed by atoms with Gasteiger partial charge in [-0.3, -0.25) is 9.69 Å². The SMILES string of the molecule is COc1ccc(C(C)N2CC[C@@H](NC(=O)c3cc(Br)cnc3Cl)C2)c(C)c1C. The van der Waals surface area contributed by atoms with Crippen LogP contribution in [0, 0.1) is 13.8 Å². The van der Waals surface area contributed by atoms with Crippen LogP contribution >= 0.6 is 27.5 Å². The van der Waals surface area contributed by atoms with E-state index in [1.807, 2.05) is 6.07 Å². The highest BCUT2D eigenvalue weighted by atomic mass is 79.9. The third-order valence-corrected chi connectivity index (χ3v) is 6.34. The molecule has 28 heavy (non-hydrogen) atoms. The number of amides is 1. The Hall–Kier alpha value is -1.63. The number of benzene rings is 1. The Kier molecular flexibility index (Phi) is 6.63. The zero-order valence-corrected chi connectivity index (χ0v) is 18.9. The van der Waals surface area contributed by atoms with E-state index in [0.29, 0.717) is 5.56 Å². The van der Waals surface area contributed by atoms with Crippen molar-refractivity contribution in [2.75, 3.05) is 20.2 Å². The van der Waals surface area contributed by atoms with Crippen LogP contribution in [0.25, 0.3) is 0 Å². The number of hydrogen-bond donors (Lipinski definition) is 1. The maximum Gasteiger partial charge on any atom is 0.254 e. The third-order valence-electron chi connectivity index (χ3n) is 5.60. The highest BCUT2D eigenvalue weighted by Crippen LogP contribution is 2.32. The van der Waals surface area contributed by atoms with Gasteiger partial charge in [0.05, 0.1) is 12.7 Å². The normalized spacial score (nSPS) is 18.1. The van der Waals surface area contributed by atoms with E-state index in [1.165, 1.54) is 16.7 Å². The molecule has 1 N–H and O–H groups in total. The molecule has 1 aliphatic rings. The molecule has 0 radical (unpaired) electrons. The van der Waals surface area contributed by atoms with Crippen molar-refractivity contribution in [1.82, 2.24) is 15.2 Å². The molecule has 1 saturated heterocycles. The molecule has 0 spiro atoms. The lowest BCUT2D eigenvalue weighted by Gasteiger charge is -2.27. The number of nitrogens with one attached hydrogen (secondary N) is 1. The molecule has 0 saturated carbocycles. The van der Waals surface area contributed by atoms with E-state index in [1.54, 1.807) is 19.4 Å². The number of hydrogen-bond acceptors (Lipinski definition) is 4. The molecule has 1 aromatic heterocycles. The second kappa shape index (κ2) is 8.80. The van der Waals surface area contributed by atoms with Crippen LogP contribution in [0.2, 0.25) is 5.15 Å². The van der Waals surface area contributed by atoms with E-state index in [2.05, 4.69) is 58.0 Å². The summed E-state index contributed by atoms with van der Waals surface area (Å²) in [5.41, 5.74) is 4.12. The zero-order chi connectivity index (χ0) is 20.4. The van der Waals surface area contributed by atoms with Gasteiger partial charge in [0.15, 0.2) is 0 Å². The van der Waals surface area contributed by atoms with E-state index in [0.717, 1.165) is 29.7 Å². The van der Waals surface area contributed by atoms with Gasteiger partial charge in [0.2, 0.25) is 0 Å². The number of carbonyl (C=O) groups excluding carboxylic acids is 1. The molecule has 2 aromatic rings. The van der Waals surface area contributed by atoms with Crippen molar-refractivity contribution in [2.24, 2.45) is 0 Å². The molecule has 1 amide bonds. The summed E-state index contributed by atoms with van der Waals surface area (Å²) in [4.78, 5) is 19.0. The molecule has 150 valence electrons. The lowest BCUT2D eigenvalue weighted by atomic mass is 9.97. The molecular weight excluding hydrogens is 442 g/mol. The van der Waals surface area contributed by atoms with Gasteiger partial charge in [-0.25, -0.2) is 4.98 Å². The van der Waals surface area contributed by atoms with Crippen LogP contribution < -0.4 is 10.1 Å². The van der Waals surface area contributed by atoms with Crippen LogP contribution in [-0.2, 0) is 0 Å². The minimum atomic E-state index is -0.185. The van der Waals surface area contributed by atoms with Crippen LogP contribution in [-0.4, -0.2) is 42.0 Å². The number of methoxy groups -OCH3 is 1. The van der Waals surface area contributed by atoms with Gasteiger partial charge in [0, 0.05) is 35.8 Å². The lowest BCUT2D eigenvalue weighted by Crippen LogP contribution is -2.37. The second-order valence-corrected chi connectivity index (χ2v) is 8.50. The van der Waals surface area contributed by atoms with E-state index in [9.17, 15) is 4.79 Å². The van der Waals surface area contributed by atoms with E-state index < -0.39 is 0 Å². The molecule has 2 atom stereocenters. The second-order valence-electron chi connectivity index (χ2n) is 7.23. The van der Waals surface area contributed by atoms with Crippen LogP contribution in [0.15, 0.2) is 28.9 Å². The molecule has 7 heteroatoms. The number of pyridine rings is 1. The molecular formula is C21H25BrClN3O2. The number of halogens is 2. The fourth-order valence-corrected chi connectivity index (χ4v) is 4.31. The molecule has 0 bridgehead atoms. The number of aromatic nitrogens is 1. The first kappa shape index (κ1) is 21.1. The summed E-state index contributed by atoms with van der Waals surface area (Å²) in [6, 6.07) is 6.23. The zero-order valence-electron chi connectivity index (χ0n) is 16.6. The molecule has 1 aliphatic heterocycles. The lowest BCUT2D eigenvalue weighted by molar-refractivity contribution is 0.0936. The van der Waals surface area contributed by atoms with Crippen molar-refractivity contribution in [1.29, 1.82) is 0 Å². The van der Waals surface area contributed by atoms with Crippen LogP contribution in [0.4, 0.5) is 0 Å². The highest BCUT2D eigenvalue weighted by molar-refractivity contribution is 9.10. The molecule has 3 rings (SSSR count). The number of ether oxygens (including phenoxy) is 1. The monoisotopic (exact) mass is 465 g/mol. The Morgan fingerprint density at radius 1 is 1.39 bits per heavy atom. The van der Waals surface area contributed by atoms with Crippen molar-refractivity contribution in [3.8, 4) is 5.75 Å². The number of nitrogens with zero attached hydrogens (tertiary/aromatic N) is 2. The smallest absolute Gasteiger partial charge is 0.254 e. The Morgan fingerprint density at radius 3 is 2.86 bits per heavy atom. The van der Waals surface area contributed by atoms with Gasteiger partial charge in [0.25, 0.3) is 5.91 Å². The van der Waals surface area contributed by atoms with Crippen LogP contribution in [0.3, 0.4) is 0 Å². The summed E-state index contributed by atoms with van der Waals surface area (Å²) in [6.45, 7) is 8.18. The maximum atomic E-state index is 12.6. The first-order valence-electron chi connectivity index (χ1n) is 9.31. The average molecular weight is 467 g/mol. The molecule has 1 fully saturated rings. The number of likely N-dealkylation sites (tertiary alicyclic amines) is 1. The van der Waals surface area contributed by atoms with E-state index in [4.69, 9.17) is 16.3 Å². The predicted molar refractivity (Wildman–Crippen MR) is 115 cm³/mol. The van der Waals surface area contributed by atoms with E-state index >= 15 is 0 Å². The predicted octanol–water partition coefficient (Wildman–Crippen LogP) is 4.69. The van der Waals surface area contributed by atoms with Crippen molar-refractivity contribution < 1.29 is 9.53 Å². The summed E-state index contributed by atoms with van der Waals surface area (Å²) in [5, 5.41) is 3.31. The minimum absolute atomic E-state index is 0.0876. The van der Waals surface area contributed by atoms with E-state index in [-0.39, 0.29) is 23.1 Å². The first-order chi connectivity index (χ1) is 13.3. The molecule has 2 heterocycles. The first-order valence-corrected chi connectivity index (χ1v) is 10.5. The highest BCUT2D eigenvalue weighted by Gasteiger charge is 2.29. The fraction of sp³-hybridized carbons (Fsp3) is 0.429. The van der Waals surface area contributed by atoms with Crippen molar-refractivity contribution >= 4 is 33.4 Å². The van der Waals surface area contributed by atoms with Gasteiger partial charge in [-0.15, -0.1) is 0 Å². The Bertz CT molecular complexity index is 890. The summed E-state index contributed by atoms with van der Waals surface area (Å²) in [7, 11) is 1.70. The summed E-state index contributed by atoms with van der Waals surface area (Å²) in [6.07, 6.45) is 2.49. The molecule has 0 aliphatic carbocycles. The Balaban J connectivity index is 1.67. The fourth-order valence-electron chi connectivity index (χ4n) is 3.79. The van der Waals surface area contributed by atoms with Crippen molar-refractivity contribution in [2.45, 2.75) is 39.3 Å². The van der Waals surface area contributed by atoms with Crippen molar-refractivity contribution in [3.05, 3.63) is 56.3 Å². The largest absolute Gasteiger partial charge is 0.496 e. The van der Waals surface area contributed by atoms with Gasteiger partial charge in [-0.1, -0.05) is 17.7 Å². The molecule has 1 aromatic carbocycles. The quantitative estimate of drug-likeness (QED) is 0.650. The Labute approximate surface area is 179 Å². The van der Waals surface area contributed by atoms with Crippen molar-refractivity contribution in [3.63, 3.8) is 0 Å². The summed E-state index contributed by atoms with van der Waals surface area (Å²) in [5.74, 6) is 0.731. The maximum absolute atomic E-state index is 12.6. The van der Waals surface area contributed by atoms with Gasteiger partial charge >= 0.3 is 0 Å².